The van der Waals surface area contributed by atoms with Gasteiger partial charge in [-0.25, -0.2) is 0 Å². The summed E-state index contributed by atoms with van der Waals surface area (Å²) in [5, 5.41) is 3.00. The van der Waals surface area contributed by atoms with E-state index in [-0.39, 0.29) is 7.25 Å². The Balaban J connectivity index is 1.37. The third-order valence-corrected chi connectivity index (χ3v) is 36.5. The van der Waals surface area contributed by atoms with Gasteiger partial charge in [0.2, 0.25) is 0 Å². The molecule has 3 aliphatic rings. The van der Waals surface area contributed by atoms with Crippen molar-refractivity contribution in [3.8, 4) is 33.4 Å². The van der Waals surface area contributed by atoms with Crippen LogP contribution in [0.5, 0.6) is 0 Å². The van der Waals surface area contributed by atoms with E-state index in [2.05, 4.69) is 167 Å². The van der Waals surface area contributed by atoms with Gasteiger partial charge >= 0.3 is 360 Å². The van der Waals surface area contributed by atoms with Gasteiger partial charge in [0, 0.05) is 0 Å². The summed E-state index contributed by atoms with van der Waals surface area (Å²) in [5.74, 6) is 0. The number of benzene rings is 6. The van der Waals surface area contributed by atoms with Gasteiger partial charge in [0.05, 0.1) is 0 Å². The Morgan fingerprint density at radius 1 is 0.483 bits per heavy atom. The zero-order valence-corrected chi connectivity index (χ0v) is 39.9. The monoisotopic (exact) mass is 891 g/mol. The minimum atomic E-state index is -5.61. The zero-order chi connectivity index (χ0) is 40.0. The number of aryl methyl sites for hydroxylation is 2. The molecular formula is C54H55Cl2SiZr. The van der Waals surface area contributed by atoms with E-state index in [4.69, 9.17) is 0 Å². The summed E-state index contributed by atoms with van der Waals surface area (Å²) in [6, 6.07) is 48.2. The van der Waals surface area contributed by atoms with E-state index in [1.54, 1.807) is 0 Å². The molecule has 293 valence electrons. The van der Waals surface area contributed by atoms with Crippen molar-refractivity contribution in [2.24, 2.45) is 0 Å². The molecular weight excluding hydrogens is 839 g/mol. The third-order valence-electron chi connectivity index (χ3n) is 13.7. The Morgan fingerprint density at radius 3 is 1.45 bits per heavy atom. The Kier molecular flexibility index (Phi) is 11.1. The minimum absolute atomic E-state index is 0.0585. The van der Waals surface area contributed by atoms with Crippen molar-refractivity contribution in [3.05, 3.63) is 172 Å². The molecule has 0 fully saturated rings. The number of hydrogen-bond donors (Lipinski definition) is 0. The standard InChI is InChI=1S/2C21H23.C12H9Si.2ClH.Zr/c2*1-3-5-9-16-14-18-11-8-13-20(21(18)15-16)19-12-7-6-10-17(19)4-2;1-3-7-11-9(5-1)10-6-2-4-8-12(10)13-11;;;/h2*6-8,10-15H,3-5,9H2,1-2H3;1-7H,13H2;2*1H;/q;;;;;+2/p-2. The summed E-state index contributed by atoms with van der Waals surface area (Å²) in [5.41, 5.74) is 19.0. The molecule has 0 spiro atoms. The molecule has 58 heavy (non-hydrogen) atoms. The fourth-order valence-corrected chi connectivity index (χ4v) is 39.1. The fourth-order valence-electron chi connectivity index (χ4n) is 11.1. The molecule has 1 heterocycles. The second-order valence-corrected chi connectivity index (χ2v) is 39.4. The van der Waals surface area contributed by atoms with Crippen molar-refractivity contribution < 1.29 is 16.4 Å². The molecule has 2 aliphatic carbocycles. The molecule has 0 bridgehead atoms. The van der Waals surface area contributed by atoms with Gasteiger partial charge in [0.15, 0.2) is 0 Å². The Hall–Kier alpha value is -3.52. The molecule has 0 aromatic heterocycles. The van der Waals surface area contributed by atoms with Crippen LogP contribution in [0.3, 0.4) is 0 Å². The quantitative estimate of drug-likeness (QED) is 0.101. The second kappa shape index (κ2) is 16.2. The fraction of sp³-hybridized carbons (Fsp3) is 0.259. The van der Waals surface area contributed by atoms with Gasteiger partial charge in [0.25, 0.3) is 0 Å². The summed E-state index contributed by atoms with van der Waals surface area (Å²) >= 11 is -5.61. The molecule has 2 atom stereocenters. The molecule has 2 unspecified atom stereocenters. The first-order valence-electron chi connectivity index (χ1n) is 21.9. The molecule has 0 saturated heterocycles. The SMILES string of the molecule is CCCCC1=Cc2c(-c3ccccc3CC)cccc2[CH]1[Zr]([Cl])([Cl])([c]1cccc2c1[SiH2]c1ccccc1-2)[CH]1C(CCCC)=Cc2c(-c3ccccc3CC)cccc21. The van der Waals surface area contributed by atoms with Crippen LogP contribution in [0.25, 0.3) is 45.5 Å². The summed E-state index contributed by atoms with van der Waals surface area (Å²) < 4.78 is 1.21. The van der Waals surface area contributed by atoms with Gasteiger partial charge in [0.1, 0.15) is 0 Å². The molecule has 1 aliphatic heterocycles. The molecule has 0 amide bonds. The first-order chi connectivity index (χ1) is 28.3. The van der Waals surface area contributed by atoms with Crippen molar-refractivity contribution in [3.63, 3.8) is 0 Å². The molecule has 0 radical (unpaired) electrons. The number of hydrogen-bond acceptors (Lipinski definition) is 0. The van der Waals surface area contributed by atoms with Gasteiger partial charge in [-0.05, 0) is 0 Å². The first-order valence-corrected chi connectivity index (χ1v) is 33.7. The van der Waals surface area contributed by atoms with Crippen LogP contribution in [0.1, 0.15) is 107 Å². The average molecular weight is 894 g/mol. The Bertz CT molecular complexity index is 2480. The number of unbranched alkanes of at least 4 members (excludes halogenated alkanes) is 2. The molecule has 6 aromatic carbocycles. The maximum absolute atomic E-state index is 9.39. The van der Waals surface area contributed by atoms with Crippen LogP contribution < -0.4 is 13.6 Å². The predicted octanol–water partition coefficient (Wildman–Crippen LogP) is 13.5. The molecule has 0 nitrogen and oxygen atoms in total. The summed E-state index contributed by atoms with van der Waals surface area (Å²) in [4.78, 5) is 0. The van der Waals surface area contributed by atoms with E-state index in [0.29, 0.717) is 0 Å². The number of rotatable bonds is 13. The van der Waals surface area contributed by atoms with Crippen molar-refractivity contribution >= 4 is 52.3 Å². The van der Waals surface area contributed by atoms with Crippen molar-refractivity contribution in [2.45, 2.75) is 86.3 Å². The topological polar surface area (TPSA) is 0 Å². The van der Waals surface area contributed by atoms with Crippen molar-refractivity contribution in [1.29, 1.82) is 0 Å². The van der Waals surface area contributed by atoms with E-state index in [9.17, 15) is 17.0 Å². The first kappa shape index (κ1) is 39.9. The Labute approximate surface area is 357 Å². The van der Waals surface area contributed by atoms with E-state index >= 15 is 0 Å². The second-order valence-electron chi connectivity index (χ2n) is 17.0. The van der Waals surface area contributed by atoms with Gasteiger partial charge in [-0.2, -0.15) is 0 Å². The maximum atomic E-state index is 9.39. The van der Waals surface area contributed by atoms with Crippen LogP contribution in [0.15, 0.2) is 139 Å². The van der Waals surface area contributed by atoms with Crippen LogP contribution in [0.4, 0.5) is 0 Å². The van der Waals surface area contributed by atoms with Crippen LogP contribution in [-0.2, 0) is 29.2 Å². The van der Waals surface area contributed by atoms with E-state index < -0.39 is 25.9 Å². The third kappa shape index (κ3) is 6.39. The molecule has 9 rings (SSSR count). The number of fused-ring (bicyclic) bond motifs is 5. The zero-order valence-electron chi connectivity index (χ0n) is 34.6. The summed E-state index contributed by atoms with van der Waals surface area (Å²) in [6.07, 6.45) is 13.6. The van der Waals surface area contributed by atoms with E-state index in [0.717, 1.165) is 51.4 Å². The molecule has 0 saturated carbocycles. The van der Waals surface area contributed by atoms with Gasteiger partial charge < -0.3 is 0 Å². The Morgan fingerprint density at radius 2 is 0.931 bits per heavy atom. The normalized spacial score (nSPS) is 17.6. The average Bonchev–Trinajstić information content (AvgIpc) is 3.97. The predicted molar refractivity (Wildman–Crippen MR) is 254 cm³/mol. The number of allylic oxidation sites excluding steroid dienone is 2. The van der Waals surface area contributed by atoms with E-state index in [1.165, 1.54) is 91.6 Å². The van der Waals surface area contributed by atoms with E-state index in [1.807, 2.05) is 0 Å². The van der Waals surface area contributed by atoms with Crippen LogP contribution in [-0.4, -0.2) is 9.52 Å². The van der Waals surface area contributed by atoms with Gasteiger partial charge in [-0.1, -0.05) is 0 Å². The van der Waals surface area contributed by atoms with Gasteiger partial charge in [-0.3, -0.25) is 0 Å². The van der Waals surface area contributed by atoms with Crippen LogP contribution in [0.2, 0.25) is 0 Å². The molecule has 0 N–H and O–H groups in total. The molecule has 6 aromatic rings. The molecule has 4 heteroatoms. The van der Waals surface area contributed by atoms with Crippen LogP contribution in [0, 0.1) is 0 Å². The van der Waals surface area contributed by atoms with Gasteiger partial charge in [-0.15, -0.1) is 0 Å². The van der Waals surface area contributed by atoms with Crippen molar-refractivity contribution in [2.75, 3.05) is 0 Å². The summed E-state index contributed by atoms with van der Waals surface area (Å²) in [7, 11) is 17.9. The number of halogens is 2. The van der Waals surface area contributed by atoms with Crippen molar-refractivity contribution in [1.82, 2.24) is 0 Å². The summed E-state index contributed by atoms with van der Waals surface area (Å²) in [6.45, 7) is 9.17. The van der Waals surface area contributed by atoms with Crippen LogP contribution >= 0.6 is 17.0 Å².